The van der Waals surface area contributed by atoms with Crippen LogP contribution in [0.5, 0.6) is 0 Å². The van der Waals surface area contributed by atoms with E-state index in [2.05, 4.69) is 45.0 Å². The number of aromatic nitrogens is 2. The first-order valence-corrected chi connectivity index (χ1v) is 8.50. The lowest BCUT2D eigenvalue weighted by molar-refractivity contribution is 0.443. The summed E-state index contributed by atoms with van der Waals surface area (Å²) in [4.78, 5) is 0. The number of hydrazone groups is 1. The lowest BCUT2D eigenvalue weighted by atomic mass is 9.84. The average Bonchev–Trinajstić information content (AvgIpc) is 2.62. The predicted molar refractivity (Wildman–Crippen MR) is 95.1 cm³/mol. The second kappa shape index (κ2) is 7.55. The van der Waals surface area contributed by atoms with Gasteiger partial charge in [0.05, 0.1) is 5.71 Å². The summed E-state index contributed by atoms with van der Waals surface area (Å²) in [5.74, 6) is 1.31. The van der Waals surface area contributed by atoms with E-state index in [-0.39, 0.29) is 0 Å². The summed E-state index contributed by atoms with van der Waals surface area (Å²) in [5.41, 5.74) is 6.38. The van der Waals surface area contributed by atoms with Crippen LogP contribution in [0, 0.1) is 0 Å². The third-order valence-corrected chi connectivity index (χ3v) is 4.58. The van der Waals surface area contributed by atoms with E-state index >= 15 is 0 Å². The van der Waals surface area contributed by atoms with Crippen molar-refractivity contribution in [3.8, 4) is 0 Å². The summed E-state index contributed by atoms with van der Waals surface area (Å²) >= 11 is 5.71. The summed E-state index contributed by atoms with van der Waals surface area (Å²) in [6.45, 7) is 1.98. The van der Waals surface area contributed by atoms with Gasteiger partial charge in [-0.25, -0.2) is 0 Å². The third-order valence-electron chi connectivity index (χ3n) is 4.38. The largest absolute Gasteiger partial charge is 0.260 e. The first-order chi connectivity index (χ1) is 11.2. The van der Waals surface area contributed by atoms with Crippen LogP contribution in [-0.4, -0.2) is 15.9 Å². The van der Waals surface area contributed by atoms with Crippen molar-refractivity contribution in [1.29, 1.82) is 0 Å². The zero-order chi connectivity index (χ0) is 16.1. The van der Waals surface area contributed by atoms with Crippen LogP contribution >= 0.6 is 11.6 Å². The normalized spacial score (nSPS) is 16.3. The zero-order valence-corrected chi connectivity index (χ0v) is 14.1. The molecule has 1 fully saturated rings. The van der Waals surface area contributed by atoms with Crippen molar-refractivity contribution in [1.82, 2.24) is 10.2 Å². The van der Waals surface area contributed by atoms with E-state index < -0.39 is 0 Å². The van der Waals surface area contributed by atoms with Crippen molar-refractivity contribution in [3.05, 3.63) is 52.7 Å². The van der Waals surface area contributed by atoms with Crippen LogP contribution in [0.4, 0.5) is 5.82 Å². The second-order valence-corrected chi connectivity index (χ2v) is 6.39. The van der Waals surface area contributed by atoms with Crippen molar-refractivity contribution in [3.63, 3.8) is 0 Å². The Kier molecular flexibility index (Phi) is 5.23. The molecule has 4 nitrogen and oxygen atoms in total. The van der Waals surface area contributed by atoms with Crippen LogP contribution in [0.2, 0.25) is 5.15 Å². The maximum atomic E-state index is 5.71. The van der Waals surface area contributed by atoms with Crippen molar-refractivity contribution >= 4 is 23.1 Å². The minimum absolute atomic E-state index is 0.370. The highest BCUT2D eigenvalue weighted by molar-refractivity contribution is 6.29. The average molecular weight is 329 g/mol. The zero-order valence-electron chi connectivity index (χ0n) is 13.3. The van der Waals surface area contributed by atoms with Gasteiger partial charge >= 0.3 is 0 Å². The maximum Gasteiger partial charge on any atom is 0.168 e. The van der Waals surface area contributed by atoms with Gasteiger partial charge in [-0.1, -0.05) is 55.1 Å². The predicted octanol–water partition coefficient (Wildman–Crippen LogP) is 5.01. The summed E-state index contributed by atoms with van der Waals surface area (Å²) in [5, 5.41) is 12.4. The van der Waals surface area contributed by atoms with Crippen LogP contribution in [0.1, 0.15) is 56.1 Å². The number of nitrogens with one attached hydrogen (secondary N) is 1. The molecular formula is C18H21ClN4. The summed E-state index contributed by atoms with van der Waals surface area (Å²) in [7, 11) is 0. The molecule has 0 amide bonds. The Hall–Kier alpha value is -1.94. The summed E-state index contributed by atoms with van der Waals surface area (Å²) in [6, 6.07) is 12.2. The van der Waals surface area contributed by atoms with Gasteiger partial charge in [-0.15, -0.1) is 10.2 Å². The Balaban J connectivity index is 1.65. The molecule has 1 heterocycles. The van der Waals surface area contributed by atoms with Gasteiger partial charge in [-0.3, -0.25) is 5.43 Å². The lowest BCUT2D eigenvalue weighted by Crippen LogP contribution is -2.05. The van der Waals surface area contributed by atoms with E-state index in [1.54, 1.807) is 12.1 Å². The first kappa shape index (κ1) is 15.9. The van der Waals surface area contributed by atoms with Gasteiger partial charge in [0.15, 0.2) is 11.0 Å². The molecule has 0 saturated heterocycles. The molecule has 0 spiro atoms. The lowest BCUT2D eigenvalue weighted by Gasteiger charge is -2.22. The maximum absolute atomic E-state index is 5.71. The highest BCUT2D eigenvalue weighted by Gasteiger charge is 2.15. The van der Waals surface area contributed by atoms with Gasteiger partial charge in [0, 0.05) is 0 Å². The van der Waals surface area contributed by atoms with Gasteiger partial charge in [-0.05, 0) is 48.9 Å². The Bertz CT molecular complexity index is 658. The quantitative estimate of drug-likeness (QED) is 0.633. The number of nitrogens with zero attached hydrogens (tertiary/aromatic N) is 3. The molecule has 0 atom stereocenters. The van der Waals surface area contributed by atoms with Gasteiger partial charge in [-0.2, -0.15) is 5.10 Å². The fourth-order valence-corrected chi connectivity index (χ4v) is 3.11. The van der Waals surface area contributed by atoms with Crippen molar-refractivity contribution in [2.24, 2.45) is 5.10 Å². The number of hydrogen-bond donors (Lipinski definition) is 1. The van der Waals surface area contributed by atoms with E-state index in [1.807, 2.05) is 6.92 Å². The van der Waals surface area contributed by atoms with Gasteiger partial charge in [0.1, 0.15) is 0 Å². The number of benzene rings is 1. The minimum atomic E-state index is 0.370. The van der Waals surface area contributed by atoms with Crippen LogP contribution in [-0.2, 0) is 0 Å². The highest BCUT2D eigenvalue weighted by atomic mass is 35.5. The molecule has 1 N–H and O–H groups in total. The number of hydrogen-bond acceptors (Lipinski definition) is 4. The molecule has 1 saturated carbocycles. The molecule has 0 bridgehead atoms. The number of anilines is 1. The Morgan fingerprint density at radius 3 is 2.43 bits per heavy atom. The summed E-state index contributed by atoms with van der Waals surface area (Å²) < 4.78 is 0. The molecule has 3 rings (SSSR count). The molecular weight excluding hydrogens is 308 g/mol. The van der Waals surface area contributed by atoms with Crippen LogP contribution in [0.25, 0.3) is 0 Å². The fourth-order valence-electron chi connectivity index (χ4n) is 3.01. The smallest absolute Gasteiger partial charge is 0.168 e. The molecule has 0 aliphatic heterocycles. The molecule has 2 aromatic rings. The molecule has 1 aromatic carbocycles. The first-order valence-electron chi connectivity index (χ1n) is 8.12. The Morgan fingerprint density at radius 2 is 1.78 bits per heavy atom. The van der Waals surface area contributed by atoms with Gasteiger partial charge in [0.2, 0.25) is 0 Å². The molecule has 0 unspecified atom stereocenters. The molecule has 23 heavy (non-hydrogen) atoms. The van der Waals surface area contributed by atoms with E-state index in [1.165, 1.54) is 37.7 Å². The Morgan fingerprint density at radius 1 is 1.04 bits per heavy atom. The second-order valence-electron chi connectivity index (χ2n) is 6.01. The van der Waals surface area contributed by atoms with E-state index in [0.29, 0.717) is 11.0 Å². The molecule has 5 heteroatoms. The monoisotopic (exact) mass is 328 g/mol. The van der Waals surface area contributed by atoms with Crippen LogP contribution < -0.4 is 5.43 Å². The minimum Gasteiger partial charge on any atom is -0.260 e. The standard InChI is InChI=1S/C18H21ClN4/c1-13(20-22-18-12-11-17(19)21-23-18)14-7-9-16(10-8-14)15-5-3-2-4-6-15/h7-12,15H,2-6H2,1H3,(H,22,23)/b20-13+. The Labute approximate surface area is 142 Å². The molecule has 1 aliphatic carbocycles. The van der Waals surface area contributed by atoms with Crippen molar-refractivity contribution in [2.45, 2.75) is 44.9 Å². The molecule has 0 radical (unpaired) electrons. The SMILES string of the molecule is C/C(=N\Nc1ccc(Cl)nn1)c1ccc(C2CCCCC2)cc1. The highest BCUT2D eigenvalue weighted by Crippen LogP contribution is 2.32. The number of rotatable bonds is 4. The van der Waals surface area contributed by atoms with Crippen molar-refractivity contribution < 1.29 is 0 Å². The van der Waals surface area contributed by atoms with Gasteiger partial charge < -0.3 is 0 Å². The van der Waals surface area contributed by atoms with Crippen LogP contribution in [0.3, 0.4) is 0 Å². The van der Waals surface area contributed by atoms with Gasteiger partial charge in [0.25, 0.3) is 0 Å². The summed E-state index contributed by atoms with van der Waals surface area (Å²) in [6.07, 6.45) is 6.75. The van der Waals surface area contributed by atoms with E-state index in [9.17, 15) is 0 Å². The third kappa shape index (κ3) is 4.29. The van der Waals surface area contributed by atoms with E-state index in [4.69, 9.17) is 11.6 Å². The van der Waals surface area contributed by atoms with Crippen LogP contribution in [0.15, 0.2) is 41.5 Å². The molecule has 120 valence electrons. The molecule has 1 aliphatic rings. The molecule has 1 aromatic heterocycles. The number of halogens is 1. The van der Waals surface area contributed by atoms with E-state index in [0.717, 1.165) is 17.2 Å². The van der Waals surface area contributed by atoms with Crippen molar-refractivity contribution in [2.75, 3.05) is 5.43 Å². The fraction of sp³-hybridized carbons (Fsp3) is 0.389. The topological polar surface area (TPSA) is 50.2 Å².